The molecule has 0 saturated carbocycles. The molecule has 3 amide bonds. The molecule has 9 heteroatoms. The summed E-state index contributed by atoms with van der Waals surface area (Å²) in [7, 11) is 0. The molecule has 2 aliphatic rings. The molecule has 0 unspecified atom stereocenters. The van der Waals surface area contributed by atoms with E-state index >= 15 is 0 Å². The van der Waals surface area contributed by atoms with Gasteiger partial charge in [-0.25, -0.2) is 9.59 Å². The van der Waals surface area contributed by atoms with Gasteiger partial charge in [0.25, 0.3) is 0 Å². The summed E-state index contributed by atoms with van der Waals surface area (Å²) >= 11 is 1.54. The Morgan fingerprint density at radius 2 is 1.68 bits per heavy atom. The number of rotatable bonds is 3. The van der Waals surface area contributed by atoms with E-state index in [1.54, 1.807) is 21.6 Å². The summed E-state index contributed by atoms with van der Waals surface area (Å²) in [6.07, 6.45) is -0.162. The number of carbonyl (C=O) groups is 3. The lowest BCUT2D eigenvalue weighted by atomic mass is 10.2. The predicted octanol–water partition coefficient (Wildman–Crippen LogP) is 3.17. The molecule has 0 N–H and O–H groups in total. The van der Waals surface area contributed by atoms with Crippen LogP contribution in [0, 0.1) is 0 Å². The third-order valence-corrected chi connectivity index (χ3v) is 6.08. The second kappa shape index (κ2) is 10.3. The van der Waals surface area contributed by atoms with E-state index in [1.165, 1.54) is 4.90 Å². The predicted molar refractivity (Wildman–Crippen MR) is 119 cm³/mol. The van der Waals surface area contributed by atoms with Gasteiger partial charge in [-0.05, 0) is 32.8 Å². The molecule has 31 heavy (non-hydrogen) atoms. The second-order valence-electron chi connectivity index (χ2n) is 8.67. The molecule has 1 atom stereocenters. The molecule has 8 nitrogen and oxygen atoms in total. The Morgan fingerprint density at radius 3 is 2.39 bits per heavy atom. The van der Waals surface area contributed by atoms with Crippen molar-refractivity contribution in [3.63, 3.8) is 0 Å². The molecule has 1 aromatic rings. The molecule has 0 aromatic heterocycles. The molecule has 2 fully saturated rings. The van der Waals surface area contributed by atoms with Gasteiger partial charge in [0.1, 0.15) is 18.2 Å². The van der Waals surface area contributed by atoms with Crippen LogP contribution in [0.4, 0.5) is 9.59 Å². The highest BCUT2D eigenvalue weighted by atomic mass is 32.2. The van der Waals surface area contributed by atoms with Crippen molar-refractivity contribution in [1.82, 2.24) is 14.7 Å². The van der Waals surface area contributed by atoms with Crippen molar-refractivity contribution >= 4 is 29.9 Å². The minimum atomic E-state index is -0.555. The van der Waals surface area contributed by atoms with E-state index in [9.17, 15) is 14.4 Å². The molecule has 170 valence electrons. The van der Waals surface area contributed by atoms with Gasteiger partial charge in [-0.1, -0.05) is 30.3 Å². The molecule has 2 heterocycles. The number of ether oxygens (including phenoxy) is 2. The Bertz CT molecular complexity index is 783. The Hall–Kier alpha value is -2.42. The van der Waals surface area contributed by atoms with Gasteiger partial charge in [-0.2, -0.15) is 0 Å². The first kappa shape index (κ1) is 23.2. The van der Waals surface area contributed by atoms with Gasteiger partial charge >= 0.3 is 12.2 Å². The van der Waals surface area contributed by atoms with Crippen LogP contribution in [0.3, 0.4) is 0 Å². The highest BCUT2D eigenvalue weighted by molar-refractivity contribution is 7.99. The van der Waals surface area contributed by atoms with Gasteiger partial charge in [-0.15, -0.1) is 11.8 Å². The standard InChI is InChI=1S/C22H31N3O5S/c1-22(2,3)30-20(27)24-11-7-10-23(12-13-24)19(26)18-15-31-16-25(18)21(28)29-14-17-8-5-4-6-9-17/h4-6,8-9,18H,7,10-16H2,1-3H3/t18-/m0/s1. The molecule has 0 radical (unpaired) electrons. The Balaban J connectivity index is 1.54. The summed E-state index contributed by atoms with van der Waals surface area (Å²) in [5, 5.41) is 0. The van der Waals surface area contributed by atoms with Crippen LogP contribution in [0.15, 0.2) is 30.3 Å². The fourth-order valence-corrected chi connectivity index (χ4v) is 4.62. The van der Waals surface area contributed by atoms with Gasteiger partial charge < -0.3 is 19.3 Å². The summed E-state index contributed by atoms with van der Waals surface area (Å²) in [5.74, 6) is 0.890. The van der Waals surface area contributed by atoms with Crippen molar-refractivity contribution < 1.29 is 23.9 Å². The lowest BCUT2D eigenvalue weighted by Crippen LogP contribution is -2.50. The zero-order valence-electron chi connectivity index (χ0n) is 18.4. The van der Waals surface area contributed by atoms with Crippen molar-refractivity contribution in [3.05, 3.63) is 35.9 Å². The van der Waals surface area contributed by atoms with Crippen LogP contribution in [-0.4, -0.2) is 82.2 Å². The first-order valence-electron chi connectivity index (χ1n) is 10.6. The number of amides is 3. The molecule has 3 rings (SSSR count). The summed E-state index contributed by atoms with van der Waals surface area (Å²) < 4.78 is 10.9. The molecule has 0 bridgehead atoms. The lowest BCUT2D eigenvalue weighted by Gasteiger charge is -2.29. The van der Waals surface area contributed by atoms with Crippen molar-refractivity contribution in [1.29, 1.82) is 0 Å². The summed E-state index contributed by atoms with van der Waals surface area (Å²) in [6.45, 7) is 7.61. The number of hydrogen-bond donors (Lipinski definition) is 0. The highest BCUT2D eigenvalue weighted by Crippen LogP contribution is 2.24. The summed E-state index contributed by atoms with van der Waals surface area (Å²) in [4.78, 5) is 43.0. The lowest BCUT2D eigenvalue weighted by molar-refractivity contribution is -0.135. The van der Waals surface area contributed by atoms with E-state index in [0.717, 1.165) is 5.56 Å². The molecular weight excluding hydrogens is 418 g/mol. The van der Waals surface area contributed by atoms with E-state index < -0.39 is 17.7 Å². The fraction of sp³-hybridized carbons (Fsp3) is 0.591. The van der Waals surface area contributed by atoms with Crippen molar-refractivity contribution in [2.75, 3.05) is 37.8 Å². The van der Waals surface area contributed by atoms with Crippen LogP contribution in [-0.2, 0) is 20.9 Å². The normalized spacial score (nSPS) is 19.7. The van der Waals surface area contributed by atoms with Gasteiger partial charge in [-0.3, -0.25) is 9.69 Å². The Kier molecular flexibility index (Phi) is 7.69. The zero-order chi connectivity index (χ0) is 22.4. The molecule has 2 aliphatic heterocycles. The van der Waals surface area contributed by atoms with Crippen LogP contribution < -0.4 is 0 Å². The average Bonchev–Trinajstić information content (AvgIpc) is 3.08. The van der Waals surface area contributed by atoms with Crippen LogP contribution in [0.1, 0.15) is 32.8 Å². The van der Waals surface area contributed by atoms with Crippen LogP contribution >= 0.6 is 11.8 Å². The number of thioether (sulfide) groups is 1. The maximum Gasteiger partial charge on any atom is 0.411 e. The van der Waals surface area contributed by atoms with Crippen LogP contribution in [0.5, 0.6) is 0 Å². The Morgan fingerprint density at radius 1 is 1.00 bits per heavy atom. The van der Waals surface area contributed by atoms with E-state index in [1.807, 2.05) is 51.1 Å². The first-order chi connectivity index (χ1) is 14.7. The Labute approximate surface area is 187 Å². The van der Waals surface area contributed by atoms with Gasteiger partial charge in [0.2, 0.25) is 5.91 Å². The van der Waals surface area contributed by atoms with E-state index in [-0.39, 0.29) is 18.6 Å². The minimum absolute atomic E-state index is 0.0901. The van der Waals surface area contributed by atoms with Crippen molar-refractivity contribution in [2.45, 2.75) is 45.4 Å². The van der Waals surface area contributed by atoms with Crippen molar-refractivity contribution in [3.8, 4) is 0 Å². The SMILES string of the molecule is CC(C)(C)OC(=O)N1CCCN(C(=O)[C@@H]2CSCN2C(=O)OCc2ccccc2)CC1. The minimum Gasteiger partial charge on any atom is -0.445 e. The molecule has 0 aliphatic carbocycles. The van der Waals surface area contributed by atoms with Crippen molar-refractivity contribution in [2.24, 2.45) is 0 Å². The van der Waals surface area contributed by atoms with E-state index in [4.69, 9.17) is 9.47 Å². The monoisotopic (exact) mass is 449 g/mol. The summed E-state index contributed by atoms with van der Waals surface area (Å²) in [6, 6.07) is 8.93. The third-order valence-electron chi connectivity index (χ3n) is 5.07. The average molecular weight is 450 g/mol. The number of hydrogen-bond acceptors (Lipinski definition) is 6. The maximum absolute atomic E-state index is 13.2. The maximum atomic E-state index is 13.2. The largest absolute Gasteiger partial charge is 0.445 e. The van der Waals surface area contributed by atoms with Gasteiger partial charge in [0.05, 0.1) is 5.88 Å². The van der Waals surface area contributed by atoms with E-state index in [0.29, 0.717) is 44.2 Å². The molecule has 1 aromatic carbocycles. The van der Waals surface area contributed by atoms with E-state index in [2.05, 4.69) is 0 Å². The first-order valence-corrected chi connectivity index (χ1v) is 11.7. The van der Waals surface area contributed by atoms with Gasteiger partial charge in [0.15, 0.2) is 0 Å². The summed E-state index contributed by atoms with van der Waals surface area (Å²) in [5.41, 5.74) is 0.348. The third kappa shape index (κ3) is 6.53. The van der Waals surface area contributed by atoms with Crippen LogP contribution in [0.25, 0.3) is 0 Å². The van der Waals surface area contributed by atoms with Crippen LogP contribution in [0.2, 0.25) is 0 Å². The number of carbonyl (C=O) groups excluding carboxylic acids is 3. The molecular formula is C22H31N3O5S. The molecule has 0 spiro atoms. The van der Waals surface area contributed by atoms with Gasteiger partial charge in [0, 0.05) is 31.9 Å². The number of benzene rings is 1. The fourth-order valence-electron chi connectivity index (χ4n) is 3.49. The quantitative estimate of drug-likeness (QED) is 0.705. The zero-order valence-corrected chi connectivity index (χ0v) is 19.2. The molecule has 2 saturated heterocycles. The highest BCUT2D eigenvalue weighted by Gasteiger charge is 2.38. The number of nitrogens with zero attached hydrogens (tertiary/aromatic N) is 3. The smallest absolute Gasteiger partial charge is 0.411 e. The second-order valence-corrected chi connectivity index (χ2v) is 9.67. The topological polar surface area (TPSA) is 79.4 Å².